The number of fused-ring (bicyclic) bond motifs is 8. The van der Waals surface area contributed by atoms with Crippen molar-refractivity contribution >= 4 is 27.8 Å². The maximum absolute atomic E-state index is 2.55. The molecule has 1 nitrogen and oxygen atoms in total. The minimum absolute atomic E-state index is 0.214. The second kappa shape index (κ2) is 22.7. The molecule has 2 aliphatic carbocycles. The lowest BCUT2D eigenvalue weighted by Crippen LogP contribution is -2.18. The Labute approximate surface area is 467 Å². The van der Waals surface area contributed by atoms with Crippen molar-refractivity contribution in [1.82, 2.24) is 0 Å². The van der Waals surface area contributed by atoms with Crippen LogP contribution in [0.25, 0.3) is 55.3 Å². The lowest BCUT2D eigenvalue weighted by molar-refractivity contribution is 0.657. The van der Waals surface area contributed by atoms with Gasteiger partial charge in [0.15, 0.2) is 0 Å². The maximum Gasteiger partial charge on any atom is 0.0543 e. The van der Waals surface area contributed by atoms with Crippen molar-refractivity contribution in [3.63, 3.8) is 0 Å². The molecule has 0 N–H and O–H groups in total. The van der Waals surface area contributed by atoms with Gasteiger partial charge in [0.2, 0.25) is 0 Å². The summed E-state index contributed by atoms with van der Waals surface area (Å²) in [5.41, 5.74) is 29.3. The molecule has 2 aliphatic rings. The monoisotopic (exact) mass is 1020 g/mol. The SMILES string of the molecule is CC.CCC(C)c1ccccc1-c1ccc(N(c2ccc(-c3ccccc3)cc2C)c2cc3c(c4ccccc24)-c2ccc(CC(C)c4ccc5c(c4)C(C)Cc4ccccc4-5)cc2C3(C)C)cc1C.Cc1ccccc1C. The molecule has 0 aromatic heterocycles. The molecule has 10 aromatic rings. The van der Waals surface area contributed by atoms with Crippen LogP contribution in [-0.4, -0.2) is 0 Å². The van der Waals surface area contributed by atoms with Gasteiger partial charge < -0.3 is 4.90 Å². The van der Waals surface area contributed by atoms with Gasteiger partial charge in [-0.25, -0.2) is 0 Å². The van der Waals surface area contributed by atoms with Crippen molar-refractivity contribution in [2.45, 2.75) is 126 Å². The molecule has 0 spiro atoms. The van der Waals surface area contributed by atoms with Crippen molar-refractivity contribution in [2.24, 2.45) is 0 Å². The molecule has 0 aliphatic heterocycles. The molecule has 10 aromatic carbocycles. The number of anilines is 3. The molecule has 0 bridgehead atoms. The Bertz CT molecular complexity index is 3750. The van der Waals surface area contributed by atoms with E-state index in [0.717, 1.165) is 19.3 Å². The van der Waals surface area contributed by atoms with E-state index in [2.05, 4.69) is 280 Å². The molecule has 3 unspecified atom stereocenters. The van der Waals surface area contributed by atoms with Gasteiger partial charge in [0.25, 0.3) is 0 Å². The maximum atomic E-state index is 2.55. The van der Waals surface area contributed by atoms with Gasteiger partial charge >= 0.3 is 0 Å². The third-order valence-electron chi connectivity index (χ3n) is 17.3. The van der Waals surface area contributed by atoms with Crippen molar-refractivity contribution < 1.29 is 0 Å². The third-order valence-corrected chi connectivity index (χ3v) is 17.3. The van der Waals surface area contributed by atoms with Crippen LogP contribution in [0.15, 0.2) is 206 Å². The van der Waals surface area contributed by atoms with Crippen LogP contribution < -0.4 is 4.90 Å². The summed E-state index contributed by atoms with van der Waals surface area (Å²) in [5, 5.41) is 2.56. The Morgan fingerprint density at radius 3 is 1.83 bits per heavy atom. The van der Waals surface area contributed by atoms with Crippen LogP contribution in [0, 0.1) is 27.7 Å². The van der Waals surface area contributed by atoms with Crippen LogP contribution in [0.2, 0.25) is 0 Å². The zero-order chi connectivity index (χ0) is 54.8. The van der Waals surface area contributed by atoms with E-state index < -0.39 is 0 Å². The van der Waals surface area contributed by atoms with Crippen LogP contribution >= 0.6 is 0 Å². The molecule has 12 rings (SSSR count). The van der Waals surface area contributed by atoms with Gasteiger partial charge in [0.05, 0.1) is 5.69 Å². The largest absolute Gasteiger partial charge is 0.310 e. The van der Waals surface area contributed by atoms with Gasteiger partial charge in [-0.3, -0.25) is 0 Å². The van der Waals surface area contributed by atoms with Crippen LogP contribution in [0.4, 0.5) is 17.1 Å². The van der Waals surface area contributed by atoms with Crippen molar-refractivity contribution in [2.75, 3.05) is 4.90 Å². The van der Waals surface area contributed by atoms with E-state index in [1.165, 1.54) is 134 Å². The molecule has 0 saturated heterocycles. The number of rotatable bonds is 10. The predicted molar refractivity (Wildman–Crippen MR) is 339 cm³/mol. The summed E-state index contributed by atoms with van der Waals surface area (Å²) < 4.78 is 0. The Morgan fingerprint density at radius 2 is 1.13 bits per heavy atom. The molecular weight excluding hydrogens is 939 g/mol. The molecule has 0 radical (unpaired) electrons. The fraction of sp³-hybridized carbons (Fsp3) is 0.247. The van der Waals surface area contributed by atoms with E-state index in [-0.39, 0.29) is 5.41 Å². The van der Waals surface area contributed by atoms with Gasteiger partial charge in [-0.2, -0.15) is 0 Å². The molecule has 0 saturated carbocycles. The van der Waals surface area contributed by atoms with Gasteiger partial charge in [-0.15, -0.1) is 0 Å². The summed E-state index contributed by atoms with van der Waals surface area (Å²) in [7, 11) is 0. The predicted octanol–water partition coefficient (Wildman–Crippen LogP) is 22.1. The van der Waals surface area contributed by atoms with Crippen molar-refractivity contribution in [1.29, 1.82) is 0 Å². The van der Waals surface area contributed by atoms with E-state index in [0.29, 0.717) is 17.8 Å². The summed E-state index contributed by atoms with van der Waals surface area (Å²) in [6, 6.07) is 77.6. The van der Waals surface area contributed by atoms with E-state index in [9.17, 15) is 0 Å². The number of nitrogens with zero attached hydrogens (tertiary/aromatic N) is 1. The Kier molecular flexibility index (Phi) is 15.6. The fourth-order valence-corrected chi connectivity index (χ4v) is 12.6. The van der Waals surface area contributed by atoms with E-state index in [1.807, 2.05) is 13.8 Å². The molecule has 78 heavy (non-hydrogen) atoms. The first-order valence-corrected chi connectivity index (χ1v) is 28.9. The summed E-state index contributed by atoms with van der Waals surface area (Å²) in [5.74, 6) is 1.39. The third kappa shape index (κ3) is 10.2. The first-order chi connectivity index (χ1) is 37.8. The highest BCUT2D eigenvalue weighted by Gasteiger charge is 2.38. The average molecular weight is 1020 g/mol. The quantitative estimate of drug-likeness (QED) is 0.132. The van der Waals surface area contributed by atoms with E-state index >= 15 is 0 Å². The lowest BCUT2D eigenvalue weighted by atomic mass is 9.77. The molecule has 1 heteroatoms. The Hall–Kier alpha value is -7.74. The number of aryl methyl sites for hydroxylation is 4. The second-order valence-electron chi connectivity index (χ2n) is 22.8. The van der Waals surface area contributed by atoms with Gasteiger partial charge in [-0.05, 0) is 206 Å². The standard InChI is InChI=1S/C67H63N.C8H10.C2H6/c1-9-42(2)53-22-15-16-24-56(53)54-33-30-52(38-45(54)5)68(64-34-29-50(37-46(64)6)48-19-11-10-12-20-48)65-41-63-66(59-26-18-17-25-58(59)65)60-31-27-47(39-62(60)67(63,7)8)35-43(3)49-28-32-57-55-23-14-13-21-51(55)36-44(4)61(57)40-49;1-7-5-3-4-6-8(7)2;1-2/h10-34,37-44H,9,35-36H2,1-8H3;3-6H,1-2H3;1-2H3. The molecule has 3 atom stereocenters. The molecule has 0 heterocycles. The highest BCUT2D eigenvalue weighted by atomic mass is 15.1. The van der Waals surface area contributed by atoms with E-state index in [4.69, 9.17) is 0 Å². The highest BCUT2D eigenvalue weighted by Crippen LogP contribution is 2.55. The van der Waals surface area contributed by atoms with Gasteiger partial charge in [0.1, 0.15) is 0 Å². The first kappa shape index (κ1) is 53.6. The Morgan fingerprint density at radius 1 is 0.487 bits per heavy atom. The second-order valence-corrected chi connectivity index (χ2v) is 22.8. The van der Waals surface area contributed by atoms with Gasteiger partial charge in [-0.1, -0.05) is 231 Å². The topological polar surface area (TPSA) is 3.24 Å². The van der Waals surface area contributed by atoms with Crippen LogP contribution in [0.1, 0.15) is 141 Å². The summed E-state index contributed by atoms with van der Waals surface area (Å²) in [6.45, 7) is 27.2. The molecule has 0 fully saturated rings. The minimum atomic E-state index is -0.214. The molecule has 392 valence electrons. The fourth-order valence-electron chi connectivity index (χ4n) is 12.6. The lowest BCUT2D eigenvalue weighted by Gasteiger charge is -2.31. The summed E-state index contributed by atoms with van der Waals surface area (Å²) in [6.07, 6.45) is 3.21. The van der Waals surface area contributed by atoms with Crippen LogP contribution in [0.3, 0.4) is 0 Å². The van der Waals surface area contributed by atoms with E-state index in [1.54, 1.807) is 0 Å². The van der Waals surface area contributed by atoms with Crippen LogP contribution in [0.5, 0.6) is 0 Å². The summed E-state index contributed by atoms with van der Waals surface area (Å²) >= 11 is 0. The number of benzene rings is 10. The zero-order valence-corrected chi connectivity index (χ0v) is 48.4. The number of hydrogen-bond donors (Lipinski definition) is 0. The van der Waals surface area contributed by atoms with Crippen LogP contribution in [-0.2, 0) is 18.3 Å². The number of hydrogen-bond acceptors (Lipinski definition) is 1. The van der Waals surface area contributed by atoms with Crippen molar-refractivity contribution in [3.05, 3.63) is 267 Å². The molecule has 0 amide bonds. The normalized spacial score (nSPS) is 14.3. The molecular formula is C77H79N. The summed E-state index contributed by atoms with van der Waals surface area (Å²) in [4.78, 5) is 2.55. The van der Waals surface area contributed by atoms with Gasteiger partial charge in [0, 0.05) is 22.2 Å². The average Bonchev–Trinajstić information content (AvgIpc) is 3.89. The first-order valence-electron chi connectivity index (χ1n) is 28.9. The smallest absolute Gasteiger partial charge is 0.0543 e. The minimum Gasteiger partial charge on any atom is -0.310 e. The highest BCUT2D eigenvalue weighted by molar-refractivity contribution is 6.10. The zero-order valence-electron chi connectivity index (χ0n) is 48.4. The Balaban J connectivity index is 0.000000627. The van der Waals surface area contributed by atoms with Crippen molar-refractivity contribution in [3.8, 4) is 44.5 Å².